The Balaban J connectivity index is 1.33. The van der Waals surface area contributed by atoms with Crippen LogP contribution in [0.4, 0.5) is 13.6 Å². The molecule has 2 aliphatic rings. The number of hydrogen-bond donors (Lipinski definition) is 7. The van der Waals surface area contributed by atoms with E-state index in [2.05, 4.69) is 20.9 Å². The Morgan fingerprint density at radius 2 is 1.75 bits per heavy atom. The largest absolute Gasteiger partial charge is 0.547 e. The van der Waals surface area contributed by atoms with Gasteiger partial charge >= 0.3 is 30.9 Å². The smallest absolute Gasteiger partial charge is 0.534 e. The number of amides is 6. The summed E-state index contributed by atoms with van der Waals surface area (Å²) in [5.74, 6) is -13.2. The number of aromatic hydroxyl groups is 2. The van der Waals surface area contributed by atoms with Crippen LogP contribution < -0.4 is 20.6 Å². The van der Waals surface area contributed by atoms with Crippen molar-refractivity contribution in [1.82, 2.24) is 30.7 Å². The number of benzene rings is 2. The number of piperazine rings is 1. The number of hydrogen-bond acceptors (Lipinski definition) is 11. The maximum Gasteiger partial charge on any atom is 0.547 e. The Kier molecular flexibility index (Phi) is 10.6. The van der Waals surface area contributed by atoms with Crippen molar-refractivity contribution in [2.24, 2.45) is 0 Å². The van der Waals surface area contributed by atoms with E-state index in [-0.39, 0.29) is 25.1 Å². The number of carbonyl (C=O) groups excluding carboxylic acids is 5. The summed E-state index contributed by atoms with van der Waals surface area (Å²) in [5, 5.41) is 46.2. The first-order chi connectivity index (χ1) is 24.2. The minimum Gasteiger partial charge on any atom is -0.534 e. The van der Waals surface area contributed by atoms with Gasteiger partial charge in [-0.25, -0.2) is 18.4 Å². The average molecular weight is 731 g/mol. The summed E-state index contributed by atoms with van der Waals surface area (Å²) >= 11 is 6.11. The molecule has 6 amide bonds. The monoisotopic (exact) mass is 730 g/mol. The van der Waals surface area contributed by atoms with Crippen LogP contribution in [0.2, 0.25) is 5.02 Å². The standard InChI is InChI=1S/C30H26BClF2N6O11/c32-21-15(10-17(34)23(42)24(21)43)22(26(44)37-18-9-14-1-2-16(33)20(29(47)48)25(14)51-31(18)50)38-30(49)40-8-7-39(27(45)28(40)46)12-19(41)36-11-13-3-5-35-6-4-13/h1-6,10,18,22,42-43,50H,7-9,11-12H2,(H,36,41)(H,37,44)(H,38,49)(H,47,48)/t18-,22?/m0/s1. The van der Waals surface area contributed by atoms with Gasteiger partial charge in [0.1, 0.15) is 29.7 Å². The van der Waals surface area contributed by atoms with Crippen LogP contribution in [0.3, 0.4) is 0 Å². The molecule has 0 bridgehead atoms. The molecule has 3 aromatic rings. The van der Waals surface area contributed by atoms with E-state index in [1.54, 1.807) is 12.1 Å². The molecule has 17 nitrogen and oxygen atoms in total. The molecule has 2 aliphatic heterocycles. The Morgan fingerprint density at radius 3 is 2.43 bits per heavy atom. The summed E-state index contributed by atoms with van der Waals surface area (Å²) in [5.41, 5.74) is -0.723. The van der Waals surface area contributed by atoms with Gasteiger partial charge < -0.3 is 45.8 Å². The maximum absolute atomic E-state index is 14.6. The third-order valence-electron chi connectivity index (χ3n) is 7.92. The van der Waals surface area contributed by atoms with Gasteiger partial charge in [-0.1, -0.05) is 17.7 Å². The van der Waals surface area contributed by atoms with E-state index in [9.17, 15) is 57.9 Å². The van der Waals surface area contributed by atoms with Crippen LogP contribution in [-0.4, -0.2) is 103 Å². The van der Waals surface area contributed by atoms with E-state index in [0.29, 0.717) is 11.0 Å². The number of phenolic OH excluding ortho intramolecular Hbond substituents is 2. The van der Waals surface area contributed by atoms with Crippen LogP contribution in [0, 0.1) is 11.6 Å². The fourth-order valence-electron chi connectivity index (χ4n) is 5.29. The Morgan fingerprint density at radius 1 is 1.04 bits per heavy atom. The number of pyridine rings is 1. The van der Waals surface area contributed by atoms with Crippen molar-refractivity contribution in [1.29, 1.82) is 0 Å². The number of carboxylic acid groups (broad SMARTS) is 1. The molecule has 2 atom stereocenters. The highest BCUT2D eigenvalue weighted by Gasteiger charge is 2.42. The van der Waals surface area contributed by atoms with Crippen molar-refractivity contribution >= 4 is 54.3 Å². The fourth-order valence-corrected chi connectivity index (χ4v) is 5.55. The van der Waals surface area contributed by atoms with Gasteiger partial charge in [-0.3, -0.25) is 29.1 Å². The summed E-state index contributed by atoms with van der Waals surface area (Å²) in [6.07, 6.45) is 2.70. The van der Waals surface area contributed by atoms with Crippen molar-refractivity contribution in [2.75, 3.05) is 19.6 Å². The van der Waals surface area contributed by atoms with Crippen LogP contribution in [0.15, 0.2) is 42.7 Å². The number of nitrogens with zero attached hydrogens (tertiary/aromatic N) is 3. The second-order valence-electron chi connectivity index (χ2n) is 11.2. The number of aromatic carboxylic acids is 1. The molecule has 1 saturated heterocycles. The number of halogens is 3. The maximum atomic E-state index is 14.6. The lowest BCUT2D eigenvalue weighted by Gasteiger charge is -2.33. The summed E-state index contributed by atoms with van der Waals surface area (Å²) in [6.45, 7) is -1.16. The summed E-state index contributed by atoms with van der Waals surface area (Å²) in [4.78, 5) is 82.1. The van der Waals surface area contributed by atoms with Gasteiger partial charge in [0, 0.05) is 37.6 Å². The molecule has 1 aromatic heterocycles. The minimum absolute atomic E-state index is 0.0596. The highest BCUT2D eigenvalue weighted by Crippen LogP contribution is 2.40. The lowest BCUT2D eigenvalue weighted by atomic mass is 9.72. The summed E-state index contributed by atoms with van der Waals surface area (Å²) < 4.78 is 34.0. The van der Waals surface area contributed by atoms with E-state index in [1.807, 2.05) is 0 Å². The molecule has 2 aromatic carbocycles. The van der Waals surface area contributed by atoms with Gasteiger partial charge in [-0.2, -0.15) is 0 Å². The second kappa shape index (κ2) is 14.8. The Labute approximate surface area is 290 Å². The first-order valence-electron chi connectivity index (χ1n) is 14.8. The van der Waals surface area contributed by atoms with E-state index in [1.165, 1.54) is 12.4 Å². The first kappa shape index (κ1) is 36.3. The van der Waals surface area contributed by atoms with Crippen LogP contribution in [-0.2, 0) is 32.1 Å². The van der Waals surface area contributed by atoms with Crippen LogP contribution in [0.5, 0.6) is 17.2 Å². The number of urea groups is 1. The highest BCUT2D eigenvalue weighted by molar-refractivity contribution is 6.47. The van der Waals surface area contributed by atoms with Crippen molar-refractivity contribution in [3.05, 3.63) is 81.6 Å². The van der Waals surface area contributed by atoms with Gasteiger partial charge in [0.25, 0.3) is 0 Å². The summed E-state index contributed by atoms with van der Waals surface area (Å²) in [6, 6.07) is 2.35. The molecular weight excluding hydrogens is 705 g/mol. The van der Waals surface area contributed by atoms with Crippen molar-refractivity contribution in [2.45, 2.75) is 24.9 Å². The first-order valence-corrected chi connectivity index (χ1v) is 15.2. The Bertz CT molecular complexity index is 1940. The molecule has 0 radical (unpaired) electrons. The Hall–Kier alpha value is -6.02. The molecule has 0 saturated carbocycles. The predicted molar refractivity (Wildman–Crippen MR) is 168 cm³/mol. The van der Waals surface area contributed by atoms with Crippen molar-refractivity contribution < 1.29 is 62.5 Å². The van der Waals surface area contributed by atoms with E-state index in [4.69, 9.17) is 16.3 Å². The molecule has 1 unspecified atom stereocenters. The number of rotatable bonds is 9. The molecule has 7 N–H and O–H groups in total. The van der Waals surface area contributed by atoms with Crippen molar-refractivity contribution in [3.8, 4) is 17.2 Å². The fraction of sp³-hybridized carbons (Fsp3) is 0.233. The van der Waals surface area contributed by atoms with E-state index >= 15 is 0 Å². The number of nitrogens with one attached hydrogen (secondary N) is 3. The zero-order chi connectivity index (χ0) is 37.1. The van der Waals surface area contributed by atoms with E-state index < -0.39 is 113 Å². The zero-order valence-electron chi connectivity index (χ0n) is 25.9. The molecule has 266 valence electrons. The van der Waals surface area contributed by atoms with Gasteiger partial charge in [-0.05, 0) is 41.8 Å². The quantitative estimate of drug-likeness (QED) is 0.0874. The molecule has 51 heavy (non-hydrogen) atoms. The third kappa shape index (κ3) is 7.60. The highest BCUT2D eigenvalue weighted by atomic mass is 35.5. The number of carboxylic acids is 1. The van der Waals surface area contributed by atoms with Gasteiger partial charge in [0.15, 0.2) is 17.3 Å². The predicted octanol–water partition coefficient (Wildman–Crippen LogP) is 0.000100. The number of aromatic nitrogens is 1. The lowest BCUT2D eigenvalue weighted by Crippen LogP contribution is -2.61. The molecule has 3 heterocycles. The third-order valence-corrected chi connectivity index (χ3v) is 8.31. The molecular formula is C30H26BClF2N6O11. The topological polar surface area (TPSA) is 248 Å². The SMILES string of the molecule is O=C(CN1CCN(C(=O)NC(C(=O)N[C@H]2Cc3ccc(F)c(C(=O)O)c3OB2O)c2cc(F)c(O)c(O)c2Cl)C(=O)C1=O)NCc1ccncc1. The minimum atomic E-state index is -2.08. The van der Waals surface area contributed by atoms with Crippen LogP contribution in [0.25, 0.3) is 0 Å². The number of phenols is 2. The molecule has 0 aliphatic carbocycles. The normalized spacial score (nSPS) is 16.2. The molecule has 21 heteroatoms. The molecule has 1 fully saturated rings. The van der Waals surface area contributed by atoms with Gasteiger partial charge in [0.2, 0.25) is 11.8 Å². The van der Waals surface area contributed by atoms with Crippen LogP contribution in [0.1, 0.15) is 33.1 Å². The number of imide groups is 1. The molecule has 0 spiro atoms. The second-order valence-corrected chi connectivity index (χ2v) is 11.6. The zero-order valence-corrected chi connectivity index (χ0v) is 26.7. The lowest BCUT2D eigenvalue weighted by molar-refractivity contribution is -0.154. The number of fused-ring (bicyclic) bond motifs is 1. The van der Waals surface area contributed by atoms with Crippen molar-refractivity contribution in [3.63, 3.8) is 0 Å². The van der Waals surface area contributed by atoms with Crippen LogP contribution >= 0.6 is 11.6 Å². The molecule has 5 rings (SSSR count). The van der Waals surface area contributed by atoms with Gasteiger partial charge in [0.05, 0.1) is 11.0 Å². The summed E-state index contributed by atoms with van der Waals surface area (Å²) in [7, 11) is -1.98. The average Bonchev–Trinajstić information content (AvgIpc) is 3.09. The van der Waals surface area contributed by atoms with E-state index in [0.717, 1.165) is 22.6 Å². The van der Waals surface area contributed by atoms with Gasteiger partial charge in [-0.15, -0.1) is 0 Å². The number of carbonyl (C=O) groups is 6.